The Morgan fingerprint density at radius 2 is 1.13 bits per heavy atom. The third-order valence-electron chi connectivity index (χ3n) is 11.5. The van der Waals surface area contributed by atoms with Gasteiger partial charge in [-0.25, -0.2) is 36.3 Å². The molecule has 2 aliphatic heterocycles. The predicted molar refractivity (Wildman–Crippen MR) is 204 cm³/mol. The van der Waals surface area contributed by atoms with Crippen LogP contribution in [-0.4, -0.2) is 88.5 Å². The van der Waals surface area contributed by atoms with E-state index in [9.17, 15) is 26.4 Å². The Balaban J connectivity index is 0.000000150. The lowest BCUT2D eigenvalue weighted by atomic mass is 9.99. The predicted octanol–water partition coefficient (Wildman–Crippen LogP) is 4.21. The largest absolute Gasteiger partial charge is 0.332 e. The topological polar surface area (TPSA) is 171 Å². The number of hydrogen-bond donors (Lipinski definition) is 3. The summed E-state index contributed by atoms with van der Waals surface area (Å²) in [4.78, 5) is 31.1. The first kappa shape index (κ1) is 38.6. The van der Waals surface area contributed by atoms with Gasteiger partial charge in [0.1, 0.15) is 0 Å². The van der Waals surface area contributed by atoms with Crippen LogP contribution in [0.15, 0.2) is 17.1 Å². The van der Waals surface area contributed by atoms with E-state index in [0.29, 0.717) is 0 Å². The number of rotatable bonds is 9. The second-order valence-corrected chi connectivity index (χ2v) is 18.7. The molecule has 2 saturated heterocycles. The maximum absolute atomic E-state index is 12.4. The van der Waals surface area contributed by atoms with E-state index in [-0.39, 0.29) is 23.6 Å². The van der Waals surface area contributed by atoms with Crippen LogP contribution in [0.5, 0.6) is 0 Å². The molecule has 0 saturated carbocycles. The molecule has 52 heavy (non-hydrogen) atoms. The van der Waals surface area contributed by atoms with Gasteiger partial charge in [-0.15, -0.1) is 0 Å². The molecule has 0 aromatic heterocycles. The van der Waals surface area contributed by atoms with E-state index < -0.39 is 26.1 Å². The van der Waals surface area contributed by atoms with Crippen LogP contribution in [0.1, 0.15) is 96.9 Å². The van der Waals surface area contributed by atoms with Crippen LogP contribution >= 0.6 is 0 Å². The number of nitrogens with two attached hydrogens (primary N) is 1. The summed E-state index contributed by atoms with van der Waals surface area (Å²) in [7, 11) is -6.94. The summed E-state index contributed by atoms with van der Waals surface area (Å²) in [6, 6.07) is 4.02. The van der Waals surface area contributed by atoms with Crippen LogP contribution in [0.4, 0.5) is 16.2 Å². The molecule has 0 bridgehead atoms. The third-order valence-corrected chi connectivity index (χ3v) is 13.9. The quantitative estimate of drug-likeness (QED) is 0.253. The van der Waals surface area contributed by atoms with Gasteiger partial charge in [0.25, 0.3) is 0 Å². The summed E-state index contributed by atoms with van der Waals surface area (Å²) < 4.78 is 48.2. The van der Waals surface area contributed by atoms with E-state index in [2.05, 4.69) is 37.0 Å². The van der Waals surface area contributed by atoms with E-state index in [1.165, 1.54) is 63.8 Å². The fraction of sp³-hybridized carbons (Fsp3) is 0.632. The minimum Gasteiger partial charge on any atom is -0.307 e. The molecule has 2 atom stereocenters. The summed E-state index contributed by atoms with van der Waals surface area (Å²) in [5.41, 5.74) is 12.3. The fourth-order valence-electron chi connectivity index (χ4n) is 8.68. The molecule has 284 valence electrons. The number of sulfonamides is 2. The zero-order valence-corrected chi connectivity index (χ0v) is 32.3. The van der Waals surface area contributed by atoms with Crippen LogP contribution < -0.4 is 15.2 Å². The van der Waals surface area contributed by atoms with Crippen molar-refractivity contribution in [2.75, 3.05) is 43.0 Å². The Morgan fingerprint density at radius 1 is 0.712 bits per heavy atom. The molecule has 8 rings (SSSR count). The number of aryl methyl sites for hydroxylation is 4. The summed E-state index contributed by atoms with van der Waals surface area (Å²) in [6.07, 6.45) is 17.1. The van der Waals surface area contributed by atoms with Gasteiger partial charge in [0.05, 0.1) is 17.2 Å². The minimum atomic E-state index is -3.65. The number of anilines is 1. The Hall–Kier alpha value is -3.13. The fourth-order valence-corrected chi connectivity index (χ4v) is 10.8. The molecule has 2 unspecified atom stereocenters. The number of nitrogens with zero attached hydrogens (tertiary/aromatic N) is 3. The summed E-state index contributed by atoms with van der Waals surface area (Å²) >= 11 is 0. The standard InChI is InChI=1S/C19H27N3O3S.C13H13NO.C6H14N2O2S/c1-13(22-9-4-10-22)12-26(24,25)21-19(23)20-18-16-7-2-5-14(16)11-15-6-3-8-17(15)18;15-8-14-13-11-5-1-3-9(11)7-10-4-2-6-12(10)13;1-6(5-11(7,9)10)8-3-2-4-8/h11,13H,2-10,12H2,1H3,(H2,20,21,23);7H,1-6H2;6H,2-5H2,1H3,(H2,7,9,10). The van der Waals surface area contributed by atoms with Gasteiger partial charge in [0.15, 0.2) is 0 Å². The van der Waals surface area contributed by atoms with Crippen molar-refractivity contribution in [1.82, 2.24) is 14.5 Å². The van der Waals surface area contributed by atoms with Gasteiger partial charge in [-0.3, -0.25) is 9.80 Å². The van der Waals surface area contributed by atoms with E-state index in [0.717, 1.165) is 108 Å². The number of isocyanates is 1. The molecule has 6 aliphatic rings. The molecule has 2 aromatic rings. The van der Waals surface area contributed by atoms with Gasteiger partial charge < -0.3 is 5.32 Å². The first-order chi connectivity index (χ1) is 24.8. The molecule has 12 nitrogen and oxygen atoms in total. The van der Waals surface area contributed by atoms with E-state index in [1.54, 1.807) is 6.08 Å². The highest BCUT2D eigenvalue weighted by molar-refractivity contribution is 7.90. The van der Waals surface area contributed by atoms with E-state index in [1.807, 2.05) is 13.8 Å². The lowest BCUT2D eigenvalue weighted by molar-refractivity contribution is 0.140. The smallest absolute Gasteiger partial charge is 0.307 e. The van der Waals surface area contributed by atoms with Crippen molar-refractivity contribution in [2.45, 2.75) is 116 Å². The molecular weight excluding hydrogens is 701 g/mol. The van der Waals surface area contributed by atoms with Gasteiger partial charge >= 0.3 is 6.03 Å². The molecule has 2 fully saturated rings. The van der Waals surface area contributed by atoms with Crippen LogP contribution in [-0.2, 0) is 76.2 Å². The lowest BCUT2D eigenvalue weighted by Gasteiger charge is -2.36. The second-order valence-electron chi connectivity index (χ2n) is 15.3. The van der Waals surface area contributed by atoms with E-state index >= 15 is 0 Å². The normalized spacial score (nSPS) is 19.8. The Labute approximate surface area is 309 Å². The van der Waals surface area contributed by atoms with Gasteiger partial charge in [-0.2, -0.15) is 4.99 Å². The lowest BCUT2D eigenvalue weighted by Crippen LogP contribution is -2.49. The zero-order valence-electron chi connectivity index (χ0n) is 30.6. The summed E-state index contributed by atoms with van der Waals surface area (Å²) in [6.45, 7) is 7.68. The highest BCUT2D eigenvalue weighted by atomic mass is 32.2. The molecule has 2 amide bonds. The summed E-state index contributed by atoms with van der Waals surface area (Å²) in [5.74, 6) is 0.0262. The Kier molecular flexibility index (Phi) is 12.2. The molecule has 4 aliphatic carbocycles. The monoisotopic (exact) mass is 754 g/mol. The van der Waals surface area contributed by atoms with Crippen molar-refractivity contribution in [3.8, 4) is 0 Å². The van der Waals surface area contributed by atoms with Crippen LogP contribution in [0.25, 0.3) is 0 Å². The molecule has 2 heterocycles. The number of aliphatic imine (C=N–C) groups is 1. The molecular formula is C38H54N6O6S2. The molecule has 14 heteroatoms. The Bertz CT molecular complexity index is 1870. The first-order valence-corrected chi connectivity index (χ1v) is 22.4. The molecule has 0 spiro atoms. The van der Waals surface area contributed by atoms with Gasteiger partial charge in [-0.05, 0) is 174 Å². The van der Waals surface area contributed by atoms with Crippen molar-refractivity contribution in [3.63, 3.8) is 0 Å². The van der Waals surface area contributed by atoms with Crippen LogP contribution in [0.2, 0.25) is 0 Å². The average Bonchev–Trinajstić information content (AvgIpc) is 3.81. The van der Waals surface area contributed by atoms with Crippen molar-refractivity contribution in [3.05, 3.63) is 56.6 Å². The van der Waals surface area contributed by atoms with Crippen molar-refractivity contribution < 1.29 is 26.4 Å². The maximum Gasteiger partial charge on any atom is 0.332 e. The highest BCUT2D eigenvalue weighted by Gasteiger charge is 2.29. The molecule has 2 aromatic carbocycles. The van der Waals surface area contributed by atoms with Gasteiger partial charge in [-0.1, -0.05) is 12.1 Å². The van der Waals surface area contributed by atoms with Crippen LogP contribution in [0, 0.1) is 0 Å². The van der Waals surface area contributed by atoms with E-state index in [4.69, 9.17) is 5.14 Å². The van der Waals surface area contributed by atoms with Crippen molar-refractivity contribution in [1.29, 1.82) is 0 Å². The second kappa shape index (κ2) is 16.5. The number of primary sulfonamides is 1. The average molecular weight is 755 g/mol. The summed E-state index contributed by atoms with van der Waals surface area (Å²) in [5, 5.41) is 7.78. The zero-order chi connectivity index (χ0) is 37.0. The SMILES string of the molecule is CC(CS(=O)(=O)NC(=O)Nc1c2c(cc3c1CCC3)CCC2)N1CCC1.CC(CS(N)(=O)=O)N1CCC1.O=C=Nc1c2c(cc3c1CCC3)CCC2. The number of benzene rings is 2. The third kappa shape index (κ3) is 9.32. The van der Waals surface area contributed by atoms with Gasteiger partial charge in [0.2, 0.25) is 26.1 Å². The molecule has 0 radical (unpaired) electrons. The maximum atomic E-state index is 12.4. The number of likely N-dealkylation sites (tertiary alicyclic amines) is 2. The highest BCUT2D eigenvalue weighted by Crippen LogP contribution is 2.40. The molecule has 4 N–H and O–H groups in total. The number of amides is 2. The van der Waals surface area contributed by atoms with Crippen molar-refractivity contribution in [2.24, 2.45) is 10.1 Å². The number of carbonyl (C=O) groups excluding carboxylic acids is 2. The van der Waals surface area contributed by atoms with Crippen molar-refractivity contribution >= 4 is 43.5 Å². The van der Waals surface area contributed by atoms with Gasteiger partial charge in [0, 0.05) is 17.8 Å². The first-order valence-electron chi connectivity index (χ1n) is 19.0. The number of nitrogens with one attached hydrogen (secondary N) is 2. The number of hydrogen-bond acceptors (Lipinski definition) is 9. The minimum absolute atomic E-state index is 0.0502. The number of carbonyl (C=O) groups is 1. The number of urea groups is 1. The Morgan fingerprint density at radius 3 is 1.54 bits per heavy atom. The van der Waals surface area contributed by atoms with Crippen LogP contribution in [0.3, 0.4) is 0 Å². The number of fused-ring (bicyclic) bond motifs is 4.